The minimum Gasteiger partial charge on any atom is -0.456 e. The lowest BCUT2D eigenvalue weighted by molar-refractivity contribution is 0.669. The average molecular weight is 961 g/mol. The molecule has 76 heavy (non-hydrogen) atoms. The maximum Gasteiger partial charge on any atom is 0.252 e. The summed E-state index contributed by atoms with van der Waals surface area (Å²) in [6.45, 7) is -0.0695. The Labute approximate surface area is 436 Å². The molecule has 0 fully saturated rings. The number of hydrogen-bond acceptors (Lipinski definition) is 1. The van der Waals surface area contributed by atoms with Gasteiger partial charge in [-0.1, -0.05) is 200 Å². The van der Waals surface area contributed by atoms with E-state index in [1.165, 1.54) is 148 Å². The van der Waals surface area contributed by atoms with Gasteiger partial charge in [-0.05, 0) is 136 Å². The van der Waals surface area contributed by atoms with Crippen molar-refractivity contribution < 1.29 is 4.42 Å². The molecular formula is C72H41BN2O. The van der Waals surface area contributed by atoms with E-state index in [0.29, 0.717) is 0 Å². The van der Waals surface area contributed by atoms with E-state index in [-0.39, 0.29) is 6.71 Å². The Hall–Kier alpha value is -9.90. The molecular weight excluding hydrogens is 920 g/mol. The first-order valence-corrected chi connectivity index (χ1v) is 26.4. The number of nitrogens with zero attached hydrogens (tertiary/aromatic N) is 2. The molecule has 0 radical (unpaired) electrons. The molecule has 2 aliphatic heterocycles. The van der Waals surface area contributed by atoms with Gasteiger partial charge in [0.15, 0.2) is 0 Å². The Balaban J connectivity index is 1.07. The first-order valence-electron chi connectivity index (χ1n) is 26.4. The number of aromatic nitrogens is 2. The van der Waals surface area contributed by atoms with Crippen LogP contribution in [0.15, 0.2) is 253 Å². The van der Waals surface area contributed by atoms with Gasteiger partial charge in [-0.25, -0.2) is 0 Å². The van der Waals surface area contributed by atoms with Gasteiger partial charge in [0, 0.05) is 54.6 Å². The van der Waals surface area contributed by atoms with Gasteiger partial charge in [-0.15, -0.1) is 0 Å². The highest BCUT2D eigenvalue weighted by atomic mass is 16.3. The number of furan rings is 1. The summed E-state index contributed by atoms with van der Waals surface area (Å²) < 4.78 is 12.0. The van der Waals surface area contributed by atoms with Crippen molar-refractivity contribution >= 4 is 121 Å². The first-order chi connectivity index (χ1) is 37.7. The molecule has 13 aromatic carbocycles. The third kappa shape index (κ3) is 5.27. The van der Waals surface area contributed by atoms with Crippen LogP contribution in [0.1, 0.15) is 0 Å². The second kappa shape index (κ2) is 14.9. The van der Waals surface area contributed by atoms with E-state index in [0.717, 1.165) is 21.9 Å². The minimum atomic E-state index is -0.0695. The molecule has 16 aromatic rings. The molecule has 0 unspecified atom stereocenters. The first kappa shape index (κ1) is 40.6. The summed E-state index contributed by atoms with van der Waals surface area (Å²) in [6, 6.07) is 93.0. The van der Waals surface area contributed by atoms with E-state index >= 15 is 0 Å². The molecule has 4 heteroatoms. The highest BCUT2D eigenvalue weighted by Gasteiger charge is 2.42. The van der Waals surface area contributed by atoms with E-state index < -0.39 is 0 Å². The molecule has 0 aliphatic carbocycles. The van der Waals surface area contributed by atoms with Crippen molar-refractivity contribution in [3.8, 4) is 55.9 Å². The molecule has 0 amide bonds. The molecule has 2 aliphatic rings. The van der Waals surface area contributed by atoms with Gasteiger partial charge in [0.05, 0.1) is 16.6 Å². The number of rotatable bonds is 4. The van der Waals surface area contributed by atoms with Crippen LogP contribution >= 0.6 is 0 Å². The monoisotopic (exact) mass is 960 g/mol. The number of fused-ring (bicyclic) bond motifs is 20. The third-order valence-corrected chi connectivity index (χ3v) is 17.2. The zero-order chi connectivity index (χ0) is 49.3. The summed E-state index contributed by atoms with van der Waals surface area (Å²) in [5.41, 5.74) is 22.6. The Morgan fingerprint density at radius 1 is 0.289 bits per heavy atom. The quantitative estimate of drug-likeness (QED) is 0.127. The highest BCUT2D eigenvalue weighted by Crippen LogP contribution is 2.49. The summed E-state index contributed by atoms with van der Waals surface area (Å²) >= 11 is 0. The van der Waals surface area contributed by atoms with E-state index in [9.17, 15) is 0 Å². The van der Waals surface area contributed by atoms with Crippen molar-refractivity contribution in [1.82, 2.24) is 9.13 Å². The molecule has 348 valence electrons. The van der Waals surface area contributed by atoms with Crippen molar-refractivity contribution in [3.63, 3.8) is 0 Å². The van der Waals surface area contributed by atoms with Gasteiger partial charge in [-0.2, -0.15) is 0 Å². The summed E-state index contributed by atoms with van der Waals surface area (Å²) in [5, 5.41) is 15.0. The third-order valence-electron chi connectivity index (χ3n) is 17.2. The molecule has 0 atom stereocenters. The number of hydrogen-bond donors (Lipinski definition) is 0. The van der Waals surface area contributed by atoms with Gasteiger partial charge in [0.2, 0.25) is 0 Å². The predicted molar refractivity (Wildman–Crippen MR) is 321 cm³/mol. The van der Waals surface area contributed by atoms with Crippen LogP contribution in [0.25, 0.3) is 154 Å². The lowest BCUT2D eigenvalue weighted by Crippen LogP contribution is -2.59. The van der Waals surface area contributed by atoms with Gasteiger partial charge >= 0.3 is 0 Å². The minimum absolute atomic E-state index is 0.0695. The van der Waals surface area contributed by atoms with E-state index in [2.05, 4.69) is 258 Å². The van der Waals surface area contributed by atoms with Crippen LogP contribution < -0.4 is 16.4 Å². The van der Waals surface area contributed by atoms with Gasteiger partial charge in [0.1, 0.15) is 11.2 Å². The summed E-state index contributed by atoms with van der Waals surface area (Å²) in [4.78, 5) is 0. The van der Waals surface area contributed by atoms with Crippen molar-refractivity contribution in [1.29, 1.82) is 0 Å². The zero-order valence-electron chi connectivity index (χ0n) is 41.1. The molecule has 3 aromatic heterocycles. The fourth-order valence-electron chi connectivity index (χ4n) is 14.2. The summed E-state index contributed by atoms with van der Waals surface area (Å²) in [5.74, 6) is 0. The predicted octanol–water partition coefficient (Wildman–Crippen LogP) is 17.1. The summed E-state index contributed by atoms with van der Waals surface area (Å²) in [7, 11) is 0. The van der Waals surface area contributed by atoms with Gasteiger partial charge in [0.25, 0.3) is 6.71 Å². The molecule has 0 N–H and O–H groups in total. The van der Waals surface area contributed by atoms with Crippen LogP contribution in [0.2, 0.25) is 0 Å². The second-order valence-corrected chi connectivity index (χ2v) is 21.0. The van der Waals surface area contributed by atoms with Gasteiger partial charge in [-0.3, -0.25) is 0 Å². The van der Waals surface area contributed by atoms with Crippen molar-refractivity contribution in [2.75, 3.05) is 0 Å². The van der Waals surface area contributed by atoms with Crippen LogP contribution in [-0.4, -0.2) is 15.8 Å². The zero-order valence-corrected chi connectivity index (χ0v) is 41.1. The molecule has 3 nitrogen and oxygen atoms in total. The Bertz CT molecular complexity index is 5160. The average Bonchev–Trinajstić information content (AvgIpc) is 4.34. The Morgan fingerprint density at radius 3 is 1.54 bits per heavy atom. The topological polar surface area (TPSA) is 23.0 Å². The van der Waals surface area contributed by atoms with E-state index in [4.69, 9.17) is 4.42 Å². The fourth-order valence-corrected chi connectivity index (χ4v) is 14.2. The lowest BCUT2D eigenvalue weighted by atomic mass is 9.34. The van der Waals surface area contributed by atoms with Crippen molar-refractivity contribution in [2.24, 2.45) is 0 Å². The maximum absolute atomic E-state index is 6.67. The van der Waals surface area contributed by atoms with E-state index in [1.807, 2.05) is 0 Å². The molecule has 0 saturated heterocycles. The molecule has 5 heterocycles. The Kier molecular flexibility index (Phi) is 7.94. The summed E-state index contributed by atoms with van der Waals surface area (Å²) in [6.07, 6.45) is 0. The van der Waals surface area contributed by atoms with Crippen LogP contribution in [0.3, 0.4) is 0 Å². The highest BCUT2D eigenvalue weighted by molar-refractivity contribution is 7.00. The standard InChI is InChI=1S/C72H41BN2O/c1-4-19-42(20-5-1)45-35-54(43-21-6-2-7-22-43)67(55(36-45)44-23-8-3-9-24-44)46-37-63-70-64(38-46)75-62-40-57-50-28-15-17-34-65(50)76-66(57)41-56(62)52-31-18-32-59(71(52)75)73(70)60-39-58-49-27-11-10-25-47(49)48-26-12-13-29-51(48)68(58)69-53-30-14-16-33-61(53)74(63)72(60)69/h1-41H. The lowest BCUT2D eigenvalue weighted by Gasteiger charge is -2.35. The van der Waals surface area contributed by atoms with Crippen LogP contribution in [0.4, 0.5) is 0 Å². The Morgan fingerprint density at radius 2 is 0.842 bits per heavy atom. The van der Waals surface area contributed by atoms with Crippen LogP contribution in [0, 0.1) is 0 Å². The smallest absolute Gasteiger partial charge is 0.252 e. The van der Waals surface area contributed by atoms with Crippen LogP contribution in [0.5, 0.6) is 0 Å². The number of benzene rings is 13. The normalized spacial score (nSPS) is 12.7. The van der Waals surface area contributed by atoms with Gasteiger partial charge < -0.3 is 13.6 Å². The maximum atomic E-state index is 6.67. The molecule has 18 rings (SSSR count). The fraction of sp³-hybridized carbons (Fsp3) is 0. The molecule has 0 saturated carbocycles. The molecule has 0 bridgehead atoms. The molecule has 0 spiro atoms. The number of para-hydroxylation sites is 3. The van der Waals surface area contributed by atoms with Crippen molar-refractivity contribution in [3.05, 3.63) is 249 Å². The largest absolute Gasteiger partial charge is 0.456 e. The van der Waals surface area contributed by atoms with Crippen LogP contribution in [-0.2, 0) is 0 Å². The van der Waals surface area contributed by atoms with E-state index in [1.54, 1.807) is 0 Å². The second-order valence-electron chi connectivity index (χ2n) is 21.0. The SMILES string of the molecule is c1ccc(-c2cc(-c3ccccc3)c(-c3cc4c5c(c3)-n3c6ccccc6c6c7c8ccccc8c8ccccc8c7cc(c63)B5c3cccc5c6cc7oc8ccccc8c7cc6n-4c35)c(-c3ccccc3)c2)cc1. The van der Waals surface area contributed by atoms with Crippen molar-refractivity contribution in [2.45, 2.75) is 0 Å².